The van der Waals surface area contributed by atoms with Gasteiger partial charge in [0, 0.05) is 18.9 Å². The van der Waals surface area contributed by atoms with Crippen molar-refractivity contribution in [1.82, 2.24) is 4.08 Å². The molecule has 0 amide bonds. The van der Waals surface area contributed by atoms with Gasteiger partial charge in [-0.3, -0.25) is 0 Å². The minimum atomic E-state index is -3.36. The monoisotopic (exact) mass is 241 g/mol. The minimum Gasteiger partial charge on any atom is -0.305 e. The smallest absolute Gasteiger partial charge is 0.216 e. The average Bonchev–Trinajstić information content (AvgIpc) is 2.12. The Kier molecular flexibility index (Phi) is 4.82. The van der Waals surface area contributed by atoms with Gasteiger partial charge in [-0.25, -0.2) is 8.42 Å². The summed E-state index contributed by atoms with van der Waals surface area (Å²) in [6.45, 7) is 5.53. The molecule has 0 bridgehead atoms. The first-order chi connectivity index (χ1) is 6.20. The summed E-state index contributed by atoms with van der Waals surface area (Å²) in [4.78, 5) is 0. The first-order valence-electron chi connectivity index (χ1n) is 4.73. The summed E-state index contributed by atoms with van der Waals surface area (Å²) < 4.78 is 36.1. The van der Waals surface area contributed by atoms with Crippen molar-refractivity contribution in [2.75, 3.05) is 19.5 Å². The van der Waals surface area contributed by atoms with Crippen LogP contribution in [0, 0.1) is 0 Å². The van der Waals surface area contributed by atoms with Crippen molar-refractivity contribution in [1.29, 1.82) is 0 Å². The van der Waals surface area contributed by atoms with E-state index in [2.05, 4.69) is 0 Å². The van der Waals surface area contributed by atoms with Crippen molar-refractivity contribution in [3.05, 3.63) is 0 Å². The van der Waals surface area contributed by atoms with E-state index in [4.69, 9.17) is 0 Å². The predicted molar refractivity (Wildman–Crippen MR) is 60.5 cm³/mol. The Balaban J connectivity index is 5.17. The molecule has 0 heterocycles. The first kappa shape index (κ1) is 14.1. The van der Waals surface area contributed by atoms with Gasteiger partial charge in [0.25, 0.3) is 0 Å². The van der Waals surface area contributed by atoms with Gasteiger partial charge < -0.3 is 4.57 Å². The predicted octanol–water partition coefficient (Wildman–Crippen LogP) is 1.97. The molecule has 86 valence electrons. The van der Waals surface area contributed by atoms with Crippen molar-refractivity contribution in [2.24, 2.45) is 0 Å². The lowest BCUT2D eigenvalue weighted by Crippen LogP contribution is -2.28. The number of rotatable bonds is 5. The lowest BCUT2D eigenvalue weighted by Gasteiger charge is -2.30. The Morgan fingerprint density at radius 2 is 1.79 bits per heavy atom. The lowest BCUT2D eigenvalue weighted by molar-refractivity contribution is 0.515. The lowest BCUT2D eigenvalue weighted by atomic mass is 10.4. The summed E-state index contributed by atoms with van der Waals surface area (Å²) in [6.07, 6.45) is 2.22. The van der Waals surface area contributed by atoms with Crippen LogP contribution in [0.5, 0.6) is 0 Å². The molecule has 0 saturated heterocycles. The summed E-state index contributed by atoms with van der Waals surface area (Å²) in [5.41, 5.74) is -0.0766. The molecule has 0 saturated carbocycles. The normalized spacial score (nSPS) is 19.3. The molecule has 0 aromatic carbocycles. The van der Waals surface area contributed by atoms with Crippen LogP contribution >= 0.6 is 7.29 Å². The van der Waals surface area contributed by atoms with Gasteiger partial charge in [-0.05, 0) is 6.42 Å². The van der Waals surface area contributed by atoms with E-state index in [1.54, 1.807) is 6.92 Å². The zero-order valence-electron chi connectivity index (χ0n) is 9.52. The number of nitrogens with zero attached hydrogens (tertiary/aromatic N) is 1. The molecule has 2 unspecified atom stereocenters. The van der Waals surface area contributed by atoms with Crippen LogP contribution < -0.4 is 0 Å². The highest BCUT2D eigenvalue weighted by molar-refractivity contribution is 7.94. The molecular weight excluding hydrogens is 221 g/mol. The second-order valence-electron chi connectivity index (χ2n) is 3.53. The quantitative estimate of drug-likeness (QED) is 0.691. The zero-order valence-corrected chi connectivity index (χ0v) is 11.2. The molecule has 0 radical (unpaired) electrons. The highest BCUT2D eigenvalue weighted by Gasteiger charge is 2.36. The van der Waals surface area contributed by atoms with Crippen LogP contribution in [0.4, 0.5) is 0 Å². The molecule has 0 aliphatic heterocycles. The molecule has 6 heteroatoms. The maximum atomic E-state index is 12.4. The van der Waals surface area contributed by atoms with Gasteiger partial charge in [0.2, 0.25) is 10.0 Å². The van der Waals surface area contributed by atoms with E-state index in [0.717, 1.165) is 16.8 Å². The molecule has 0 spiro atoms. The standard InChI is InChI=1S/C8H20NO3PS/c1-6-8(3)13(10,7-2)9(4)14(5,11)12/h8H,6-7H2,1-5H3. The van der Waals surface area contributed by atoms with E-state index < -0.39 is 17.3 Å². The van der Waals surface area contributed by atoms with Crippen LogP contribution in [0.15, 0.2) is 0 Å². The molecule has 0 rings (SSSR count). The van der Waals surface area contributed by atoms with Crippen molar-refractivity contribution in [3.63, 3.8) is 0 Å². The molecule has 0 aliphatic rings. The van der Waals surface area contributed by atoms with Gasteiger partial charge in [-0.1, -0.05) is 20.8 Å². The summed E-state index contributed by atoms with van der Waals surface area (Å²) in [5.74, 6) is 0. The largest absolute Gasteiger partial charge is 0.305 e. The maximum Gasteiger partial charge on any atom is 0.216 e. The molecule has 2 atom stereocenters. The van der Waals surface area contributed by atoms with E-state index >= 15 is 0 Å². The van der Waals surface area contributed by atoms with Crippen LogP contribution in [0.1, 0.15) is 27.2 Å². The van der Waals surface area contributed by atoms with Crippen molar-refractivity contribution in [3.8, 4) is 0 Å². The second-order valence-corrected chi connectivity index (χ2v) is 9.44. The number of hydrogen-bond donors (Lipinski definition) is 0. The van der Waals surface area contributed by atoms with Gasteiger partial charge in [-0.15, -0.1) is 0 Å². The summed E-state index contributed by atoms with van der Waals surface area (Å²) >= 11 is 0. The van der Waals surface area contributed by atoms with Gasteiger partial charge in [0.1, 0.15) is 0 Å². The summed E-state index contributed by atoms with van der Waals surface area (Å²) in [7, 11) is -4.71. The fourth-order valence-electron chi connectivity index (χ4n) is 1.32. The second kappa shape index (κ2) is 4.77. The van der Waals surface area contributed by atoms with Crippen LogP contribution in [-0.4, -0.2) is 37.6 Å². The van der Waals surface area contributed by atoms with E-state index in [9.17, 15) is 13.0 Å². The van der Waals surface area contributed by atoms with E-state index in [1.165, 1.54) is 7.05 Å². The SMILES string of the molecule is CCC(C)P(=O)(CC)N(C)S(C)(=O)=O. The Hall–Kier alpha value is 0.140. The van der Waals surface area contributed by atoms with Crippen LogP contribution in [-0.2, 0) is 14.6 Å². The minimum absolute atomic E-state index is 0.0766. The molecule has 0 aromatic rings. The molecule has 0 N–H and O–H groups in total. The molecular formula is C8H20NO3PS. The Morgan fingerprint density at radius 3 is 2.00 bits per heavy atom. The highest BCUT2D eigenvalue weighted by Crippen LogP contribution is 2.55. The van der Waals surface area contributed by atoms with E-state index in [1.807, 2.05) is 13.8 Å². The molecule has 0 aliphatic carbocycles. The summed E-state index contributed by atoms with van der Waals surface area (Å²) in [6, 6.07) is 0. The van der Waals surface area contributed by atoms with Crippen LogP contribution in [0.2, 0.25) is 0 Å². The third-order valence-corrected chi connectivity index (χ3v) is 8.97. The average molecular weight is 241 g/mol. The van der Waals surface area contributed by atoms with Gasteiger partial charge in [0.05, 0.1) is 6.26 Å². The number of hydrogen-bond acceptors (Lipinski definition) is 3. The van der Waals surface area contributed by atoms with E-state index in [0.29, 0.717) is 6.16 Å². The van der Waals surface area contributed by atoms with E-state index in [-0.39, 0.29) is 5.66 Å². The summed E-state index contributed by atoms with van der Waals surface area (Å²) in [5, 5.41) is 0. The Morgan fingerprint density at radius 1 is 1.36 bits per heavy atom. The van der Waals surface area contributed by atoms with Crippen molar-refractivity contribution >= 4 is 17.3 Å². The zero-order chi connectivity index (χ0) is 11.6. The number of sulfonamides is 1. The maximum absolute atomic E-state index is 12.4. The van der Waals surface area contributed by atoms with Crippen LogP contribution in [0.25, 0.3) is 0 Å². The first-order valence-corrected chi connectivity index (χ1v) is 8.49. The molecule has 14 heavy (non-hydrogen) atoms. The fourth-order valence-corrected chi connectivity index (χ4v) is 6.31. The fraction of sp³-hybridized carbons (Fsp3) is 1.00. The topological polar surface area (TPSA) is 54.5 Å². The van der Waals surface area contributed by atoms with Crippen molar-refractivity contribution < 1.29 is 13.0 Å². The third-order valence-electron chi connectivity index (χ3n) is 2.69. The molecule has 0 aromatic heterocycles. The van der Waals surface area contributed by atoms with Gasteiger partial charge in [-0.2, -0.15) is 4.08 Å². The third kappa shape index (κ3) is 2.81. The molecule has 4 nitrogen and oxygen atoms in total. The highest BCUT2D eigenvalue weighted by atomic mass is 32.2. The van der Waals surface area contributed by atoms with Crippen LogP contribution in [0.3, 0.4) is 0 Å². The van der Waals surface area contributed by atoms with Gasteiger partial charge in [0.15, 0.2) is 7.29 Å². The van der Waals surface area contributed by atoms with Crippen molar-refractivity contribution in [2.45, 2.75) is 32.9 Å². The Labute approximate surface area is 87.2 Å². The Bertz CT molecular complexity index is 325. The molecule has 0 fully saturated rings. The van der Waals surface area contributed by atoms with Gasteiger partial charge >= 0.3 is 0 Å².